The Balaban J connectivity index is 1.27. The maximum atomic E-state index is 12.4. The van der Waals surface area contributed by atoms with Crippen LogP contribution in [-0.4, -0.2) is 55.5 Å². The summed E-state index contributed by atoms with van der Waals surface area (Å²) in [5.74, 6) is -1.94. The molecule has 172 valence electrons. The van der Waals surface area contributed by atoms with Gasteiger partial charge >= 0.3 is 12.1 Å². The quantitative estimate of drug-likeness (QED) is 0.533. The van der Waals surface area contributed by atoms with Crippen LogP contribution < -0.4 is 10.6 Å². The van der Waals surface area contributed by atoms with Gasteiger partial charge in [0.1, 0.15) is 6.61 Å². The minimum Gasteiger partial charge on any atom is -0.479 e. The number of hydrogen-bond donors (Lipinski definition) is 3. The van der Waals surface area contributed by atoms with Crippen molar-refractivity contribution in [2.24, 2.45) is 5.92 Å². The van der Waals surface area contributed by atoms with Gasteiger partial charge in [-0.3, -0.25) is 4.79 Å². The van der Waals surface area contributed by atoms with Gasteiger partial charge in [-0.25, -0.2) is 9.59 Å². The molecule has 8 nitrogen and oxygen atoms in total. The monoisotopic (exact) mass is 450 g/mol. The van der Waals surface area contributed by atoms with Gasteiger partial charge in [0.2, 0.25) is 5.91 Å². The number of fused-ring (bicyclic) bond motifs is 3. The van der Waals surface area contributed by atoms with Crippen molar-refractivity contribution >= 4 is 18.0 Å². The summed E-state index contributed by atoms with van der Waals surface area (Å²) in [5, 5.41) is 14.3. The molecule has 0 bridgehead atoms. The minimum atomic E-state index is -1.14. The summed E-state index contributed by atoms with van der Waals surface area (Å²) >= 11 is 0. The van der Waals surface area contributed by atoms with E-state index < -0.39 is 24.1 Å². The summed E-state index contributed by atoms with van der Waals surface area (Å²) in [7, 11) is 1.27. The molecule has 0 saturated carbocycles. The number of carbonyl (C=O) groups is 3. The number of carbonyl (C=O) groups excluding carboxylic acids is 2. The van der Waals surface area contributed by atoms with E-state index in [2.05, 4.69) is 34.9 Å². The molecule has 0 spiro atoms. The molecule has 0 heterocycles. The van der Waals surface area contributed by atoms with E-state index in [0.29, 0.717) is 6.42 Å². The third-order valence-corrected chi connectivity index (χ3v) is 6.09. The van der Waals surface area contributed by atoms with Gasteiger partial charge in [0, 0.05) is 13.0 Å². The molecule has 2 aliphatic rings. The molecule has 0 fully saturated rings. The minimum absolute atomic E-state index is 0.0243. The van der Waals surface area contributed by atoms with Gasteiger partial charge in [0.05, 0.1) is 18.5 Å². The van der Waals surface area contributed by atoms with Crippen molar-refractivity contribution in [3.63, 3.8) is 0 Å². The Labute approximate surface area is 191 Å². The summed E-state index contributed by atoms with van der Waals surface area (Å²) in [6, 6.07) is 15.9. The Hall–Kier alpha value is -3.65. The second-order valence-electron chi connectivity index (χ2n) is 8.11. The van der Waals surface area contributed by atoms with Crippen molar-refractivity contribution in [3.05, 3.63) is 71.8 Å². The molecule has 2 amide bonds. The lowest BCUT2D eigenvalue weighted by atomic mass is 9.98. The number of ether oxygens (including phenoxy) is 2. The van der Waals surface area contributed by atoms with Crippen LogP contribution in [-0.2, 0) is 19.1 Å². The first-order valence-corrected chi connectivity index (χ1v) is 10.8. The summed E-state index contributed by atoms with van der Waals surface area (Å²) < 4.78 is 10.4. The van der Waals surface area contributed by atoms with Crippen molar-refractivity contribution in [1.82, 2.24) is 10.6 Å². The summed E-state index contributed by atoms with van der Waals surface area (Å²) in [4.78, 5) is 35.7. The van der Waals surface area contributed by atoms with Gasteiger partial charge in [-0.1, -0.05) is 60.7 Å². The van der Waals surface area contributed by atoms with E-state index in [-0.39, 0.29) is 31.0 Å². The molecular formula is C25H26N2O6. The highest BCUT2D eigenvalue weighted by Crippen LogP contribution is 2.44. The van der Waals surface area contributed by atoms with Gasteiger partial charge in [0.25, 0.3) is 0 Å². The van der Waals surface area contributed by atoms with Crippen LogP contribution in [0.3, 0.4) is 0 Å². The van der Waals surface area contributed by atoms with Gasteiger partial charge < -0.3 is 25.2 Å². The Morgan fingerprint density at radius 1 is 1.03 bits per heavy atom. The van der Waals surface area contributed by atoms with Gasteiger partial charge in [0.15, 0.2) is 6.10 Å². The normalized spacial score (nSPS) is 19.4. The van der Waals surface area contributed by atoms with Crippen LogP contribution in [0.2, 0.25) is 0 Å². The number of rotatable bonds is 8. The number of carboxylic acid groups (broad SMARTS) is 1. The molecule has 0 aliphatic heterocycles. The van der Waals surface area contributed by atoms with Crippen LogP contribution in [0.4, 0.5) is 4.79 Å². The molecule has 0 aromatic heterocycles. The fraction of sp³-hybridized carbons (Fsp3) is 0.320. The Morgan fingerprint density at radius 3 is 2.27 bits per heavy atom. The summed E-state index contributed by atoms with van der Waals surface area (Å²) in [6.45, 7) is 0.0906. The highest BCUT2D eigenvalue weighted by Gasteiger charge is 2.30. The third-order valence-electron chi connectivity index (χ3n) is 6.09. The number of aliphatic carboxylic acids is 1. The second-order valence-corrected chi connectivity index (χ2v) is 8.11. The second kappa shape index (κ2) is 9.87. The highest BCUT2D eigenvalue weighted by atomic mass is 16.5. The van der Waals surface area contributed by atoms with E-state index >= 15 is 0 Å². The summed E-state index contributed by atoms with van der Waals surface area (Å²) in [6.07, 6.45) is 2.18. The smallest absolute Gasteiger partial charge is 0.407 e. The van der Waals surface area contributed by atoms with Crippen LogP contribution in [0.15, 0.2) is 60.7 Å². The standard InChI is InChI=1S/C25H26N2O6/c1-32-22(24(29)30)13-26-23(28)15-10-11-16(12-15)27-25(31)33-14-21-19-8-4-2-6-17(19)18-7-3-5-9-20(18)21/h2-11,15-16,21-22H,12-14H2,1H3,(H,26,28)(H,27,31)(H,29,30). The number of benzene rings is 2. The van der Waals surface area contributed by atoms with Crippen molar-refractivity contribution in [2.45, 2.75) is 24.5 Å². The van der Waals surface area contributed by atoms with E-state index in [1.165, 1.54) is 7.11 Å². The zero-order chi connectivity index (χ0) is 23.4. The average Bonchev–Trinajstić information content (AvgIpc) is 3.40. The zero-order valence-corrected chi connectivity index (χ0v) is 18.2. The Bertz CT molecular complexity index is 1040. The Morgan fingerprint density at radius 2 is 1.67 bits per heavy atom. The molecule has 0 radical (unpaired) electrons. The van der Waals surface area contributed by atoms with Crippen LogP contribution >= 0.6 is 0 Å². The van der Waals surface area contributed by atoms with E-state index in [1.807, 2.05) is 24.3 Å². The zero-order valence-electron chi connectivity index (χ0n) is 18.2. The largest absolute Gasteiger partial charge is 0.479 e. The lowest BCUT2D eigenvalue weighted by molar-refractivity contribution is -0.148. The average molecular weight is 450 g/mol. The van der Waals surface area contributed by atoms with Crippen molar-refractivity contribution < 1.29 is 29.0 Å². The van der Waals surface area contributed by atoms with Crippen LogP contribution in [0.1, 0.15) is 23.5 Å². The first kappa shape index (κ1) is 22.5. The first-order valence-electron chi connectivity index (χ1n) is 10.8. The first-order chi connectivity index (χ1) is 16.0. The molecule has 33 heavy (non-hydrogen) atoms. The molecule has 2 aliphatic carbocycles. The maximum absolute atomic E-state index is 12.4. The SMILES string of the molecule is COC(CNC(=O)C1C=CC(NC(=O)OCC2c3ccccc3-c3ccccc32)C1)C(=O)O. The number of alkyl carbamates (subject to hydrolysis) is 1. The van der Waals surface area contributed by atoms with E-state index in [1.54, 1.807) is 12.2 Å². The maximum Gasteiger partial charge on any atom is 0.407 e. The van der Waals surface area contributed by atoms with E-state index in [4.69, 9.17) is 14.6 Å². The molecule has 3 unspecified atom stereocenters. The van der Waals surface area contributed by atoms with Crippen LogP contribution in [0.5, 0.6) is 0 Å². The molecule has 3 N–H and O–H groups in total. The molecule has 8 heteroatoms. The van der Waals surface area contributed by atoms with Crippen LogP contribution in [0.25, 0.3) is 11.1 Å². The number of nitrogens with one attached hydrogen (secondary N) is 2. The molecule has 2 aromatic carbocycles. The predicted molar refractivity (Wildman–Crippen MR) is 121 cm³/mol. The molecular weight excluding hydrogens is 424 g/mol. The van der Waals surface area contributed by atoms with Crippen LogP contribution in [0, 0.1) is 5.92 Å². The Kier molecular flexibility index (Phi) is 6.74. The van der Waals surface area contributed by atoms with Crippen molar-refractivity contribution in [3.8, 4) is 11.1 Å². The fourth-order valence-electron chi connectivity index (χ4n) is 4.39. The van der Waals surface area contributed by atoms with Gasteiger partial charge in [-0.05, 0) is 28.7 Å². The summed E-state index contributed by atoms with van der Waals surface area (Å²) in [5.41, 5.74) is 4.60. The molecule has 3 atom stereocenters. The highest BCUT2D eigenvalue weighted by molar-refractivity contribution is 5.82. The molecule has 4 rings (SSSR count). The fourth-order valence-corrected chi connectivity index (χ4v) is 4.39. The van der Waals surface area contributed by atoms with E-state index in [9.17, 15) is 14.4 Å². The van der Waals surface area contributed by atoms with Gasteiger partial charge in [-0.15, -0.1) is 0 Å². The third kappa shape index (κ3) is 4.90. The van der Waals surface area contributed by atoms with E-state index in [0.717, 1.165) is 22.3 Å². The van der Waals surface area contributed by atoms with Crippen molar-refractivity contribution in [2.75, 3.05) is 20.3 Å². The molecule has 0 saturated heterocycles. The number of amides is 2. The number of carboxylic acids is 1. The van der Waals surface area contributed by atoms with Gasteiger partial charge in [-0.2, -0.15) is 0 Å². The van der Waals surface area contributed by atoms with Crippen molar-refractivity contribution in [1.29, 1.82) is 0 Å². The number of hydrogen-bond acceptors (Lipinski definition) is 5. The lowest BCUT2D eigenvalue weighted by Gasteiger charge is -2.17. The lowest BCUT2D eigenvalue weighted by Crippen LogP contribution is -2.41. The molecule has 2 aromatic rings. The topological polar surface area (TPSA) is 114 Å². The number of methoxy groups -OCH3 is 1. The predicted octanol–water partition coefficient (Wildman–Crippen LogP) is 2.69.